The normalized spacial score (nSPS) is 18.1. The van der Waals surface area contributed by atoms with Gasteiger partial charge in [-0.3, -0.25) is 0 Å². The van der Waals surface area contributed by atoms with Crippen LogP contribution < -0.4 is 14.8 Å². The van der Waals surface area contributed by atoms with Gasteiger partial charge in [0.15, 0.2) is 5.82 Å². The zero-order valence-electron chi connectivity index (χ0n) is 21.2. The molecule has 0 saturated heterocycles. The molecule has 0 fully saturated rings. The maximum absolute atomic E-state index is 13.6. The van der Waals surface area contributed by atoms with E-state index in [2.05, 4.69) is 25.4 Å². The minimum Gasteiger partial charge on any atom is -0.480 e. The first-order chi connectivity index (χ1) is 17.8. The lowest BCUT2D eigenvalue weighted by atomic mass is 10.0. The van der Waals surface area contributed by atoms with E-state index in [1.54, 1.807) is 28.0 Å². The van der Waals surface area contributed by atoms with Crippen molar-refractivity contribution in [3.8, 4) is 23.1 Å². The molecule has 3 aromatic heterocycles. The van der Waals surface area contributed by atoms with Gasteiger partial charge in [0.1, 0.15) is 0 Å². The van der Waals surface area contributed by atoms with Gasteiger partial charge in [0.2, 0.25) is 17.4 Å². The minimum atomic E-state index is -2.81. The van der Waals surface area contributed by atoms with Gasteiger partial charge in [0, 0.05) is 44.1 Å². The summed E-state index contributed by atoms with van der Waals surface area (Å²) in [6.45, 7) is 3.72. The van der Waals surface area contributed by atoms with Crippen molar-refractivity contribution in [3.63, 3.8) is 0 Å². The molecule has 1 atom stereocenters. The molecule has 0 aromatic carbocycles. The molecule has 4 rings (SSSR count). The molecule has 0 saturated carbocycles. The van der Waals surface area contributed by atoms with Crippen LogP contribution in [0.3, 0.4) is 0 Å². The molecule has 198 valence electrons. The highest BCUT2D eigenvalue weighted by molar-refractivity contribution is 5.74. The molecule has 3 aromatic rings. The van der Waals surface area contributed by atoms with E-state index >= 15 is 0 Å². The van der Waals surface area contributed by atoms with Crippen LogP contribution in [-0.2, 0) is 6.54 Å². The Labute approximate surface area is 213 Å². The summed E-state index contributed by atoms with van der Waals surface area (Å²) in [6, 6.07) is 1.05. The fourth-order valence-electron chi connectivity index (χ4n) is 4.01. The standard InChI is InChI=1S/C25H31F2N7O3/c1-4-33-16-17-14-19(22(36-3)29-15-17)20-31-23(21-28-11-12-34(21)32-20)37-13-7-5-6-8-18(30-24(33)35)9-10-25(2,26)27/h5-6,11-12,14-15,18H,4,7-10,13,16H2,1-3H3,(H,30,35)/b6-5+/t18-/m1/s1. The average molecular weight is 516 g/mol. The van der Waals surface area contributed by atoms with Crippen LogP contribution in [0.4, 0.5) is 13.6 Å². The first-order valence-corrected chi connectivity index (χ1v) is 12.2. The van der Waals surface area contributed by atoms with Gasteiger partial charge in [-0.05, 0) is 44.7 Å². The molecule has 12 heteroatoms. The number of nitrogens with zero attached hydrogens (tertiary/aromatic N) is 6. The number of hydrogen-bond acceptors (Lipinski definition) is 7. The van der Waals surface area contributed by atoms with Crippen molar-refractivity contribution in [2.45, 2.75) is 58.0 Å². The molecule has 37 heavy (non-hydrogen) atoms. The molecule has 1 aliphatic heterocycles. The van der Waals surface area contributed by atoms with E-state index in [0.29, 0.717) is 54.8 Å². The number of amides is 2. The van der Waals surface area contributed by atoms with Crippen molar-refractivity contribution in [2.75, 3.05) is 20.3 Å². The molecule has 2 amide bonds. The second kappa shape index (κ2) is 11.5. The summed E-state index contributed by atoms with van der Waals surface area (Å²) < 4.78 is 40.1. The number of alkyl halides is 2. The average Bonchev–Trinajstić information content (AvgIpc) is 3.35. The van der Waals surface area contributed by atoms with Crippen LogP contribution in [0.1, 0.15) is 45.1 Å². The van der Waals surface area contributed by atoms with Crippen LogP contribution in [0.5, 0.6) is 11.8 Å². The van der Waals surface area contributed by atoms with Crippen LogP contribution in [0, 0.1) is 0 Å². The largest absolute Gasteiger partial charge is 0.480 e. The third-order valence-corrected chi connectivity index (χ3v) is 5.98. The quantitative estimate of drug-likeness (QED) is 0.506. The molecule has 0 radical (unpaired) electrons. The minimum absolute atomic E-state index is 0.154. The number of ether oxygens (including phenoxy) is 2. The lowest BCUT2D eigenvalue weighted by molar-refractivity contribution is 0.00845. The van der Waals surface area contributed by atoms with Gasteiger partial charge >= 0.3 is 6.03 Å². The Hall–Kier alpha value is -3.83. The SMILES string of the molecule is CCN1Cc2cnc(OC)c(c2)-c2nc(c3nccn3n2)OCC/C=C/C[C@H](CCC(C)(F)F)NC1=O. The van der Waals surface area contributed by atoms with Gasteiger partial charge in [-0.2, -0.15) is 4.98 Å². The van der Waals surface area contributed by atoms with Crippen LogP contribution in [0.15, 0.2) is 36.8 Å². The Morgan fingerprint density at radius 3 is 2.89 bits per heavy atom. The number of pyridine rings is 1. The van der Waals surface area contributed by atoms with Crippen molar-refractivity contribution >= 4 is 11.7 Å². The third kappa shape index (κ3) is 6.69. The topological polar surface area (TPSA) is 107 Å². The smallest absolute Gasteiger partial charge is 0.317 e. The van der Waals surface area contributed by atoms with E-state index in [1.165, 1.54) is 7.11 Å². The van der Waals surface area contributed by atoms with E-state index < -0.39 is 12.0 Å². The van der Waals surface area contributed by atoms with Crippen molar-refractivity contribution in [3.05, 3.63) is 42.4 Å². The number of carbonyl (C=O) groups excluding carboxylic acids is 1. The first kappa shape index (κ1) is 26.2. The van der Waals surface area contributed by atoms with Gasteiger partial charge in [-0.15, -0.1) is 5.10 Å². The number of carbonyl (C=O) groups is 1. The Morgan fingerprint density at radius 1 is 1.30 bits per heavy atom. The molecule has 4 bridgehead atoms. The maximum atomic E-state index is 13.6. The number of hydrogen-bond donors (Lipinski definition) is 1. The van der Waals surface area contributed by atoms with Gasteiger partial charge in [0.05, 0.1) is 19.3 Å². The zero-order valence-corrected chi connectivity index (χ0v) is 21.2. The molecular formula is C25H31F2N7O3. The Morgan fingerprint density at radius 2 is 2.14 bits per heavy atom. The predicted octanol–water partition coefficient (Wildman–Crippen LogP) is 4.26. The number of imidazole rings is 1. The highest BCUT2D eigenvalue weighted by Crippen LogP contribution is 2.29. The summed E-state index contributed by atoms with van der Waals surface area (Å²) in [5.74, 6) is -1.84. The predicted molar refractivity (Wildman–Crippen MR) is 133 cm³/mol. The van der Waals surface area contributed by atoms with Crippen molar-refractivity contribution in [1.29, 1.82) is 0 Å². The van der Waals surface area contributed by atoms with Gasteiger partial charge in [-0.1, -0.05) is 12.2 Å². The first-order valence-electron chi connectivity index (χ1n) is 12.2. The second-order valence-corrected chi connectivity index (χ2v) is 8.95. The number of rotatable bonds is 5. The molecule has 1 N–H and O–H groups in total. The molecule has 0 aliphatic carbocycles. The Balaban J connectivity index is 1.71. The number of methoxy groups -OCH3 is 1. The van der Waals surface area contributed by atoms with E-state index in [-0.39, 0.29) is 25.4 Å². The number of aromatic nitrogens is 5. The van der Waals surface area contributed by atoms with E-state index in [4.69, 9.17) is 9.47 Å². The summed E-state index contributed by atoms with van der Waals surface area (Å²) in [7, 11) is 1.51. The van der Waals surface area contributed by atoms with Crippen LogP contribution >= 0.6 is 0 Å². The lowest BCUT2D eigenvalue weighted by Crippen LogP contribution is -2.44. The molecular weight excluding hydrogens is 484 g/mol. The van der Waals surface area contributed by atoms with Crippen LogP contribution in [0.2, 0.25) is 0 Å². The highest BCUT2D eigenvalue weighted by atomic mass is 19.3. The monoisotopic (exact) mass is 515 g/mol. The maximum Gasteiger partial charge on any atom is 0.317 e. The summed E-state index contributed by atoms with van der Waals surface area (Å²) >= 11 is 0. The Kier molecular flexibility index (Phi) is 8.14. The van der Waals surface area contributed by atoms with Gasteiger partial charge in [-0.25, -0.2) is 28.1 Å². The lowest BCUT2D eigenvalue weighted by Gasteiger charge is -2.26. The fraction of sp³-hybridized carbons (Fsp3) is 0.480. The number of nitrogens with one attached hydrogen (secondary N) is 1. The summed E-state index contributed by atoms with van der Waals surface area (Å²) in [6.07, 6.45) is 9.53. The summed E-state index contributed by atoms with van der Waals surface area (Å²) in [4.78, 5) is 28.0. The van der Waals surface area contributed by atoms with Crippen molar-refractivity contribution in [2.24, 2.45) is 0 Å². The van der Waals surface area contributed by atoms with Gasteiger partial charge in [0.25, 0.3) is 5.88 Å². The fourth-order valence-corrected chi connectivity index (χ4v) is 4.01. The highest BCUT2D eigenvalue weighted by Gasteiger charge is 2.25. The van der Waals surface area contributed by atoms with Gasteiger partial charge < -0.3 is 19.7 Å². The third-order valence-electron chi connectivity index (χ3n) is 5.98. The van der Waals surface area contributed by atoms with E-state index in [0.717, 1.165) is 12.5 Å². The molecule has 10 nitrogen and oxygen atoms in total. The molecule has 0 spiro atoms. The van der Waals surface area contributed by atoms with E-state index in [9.17, 15) is 13.6 Å². The molecule has 1 aliphatic rings. The van der Waals surface area contributed by atoms with Crippen molar-refractivity contribution in [1.82, 2.24) is 34.8 Å². The summed E-state index contributed by atoms with van der Waals surface area (Å²) in [5.41, 5.74) is 1.73. The van der Waals surface area contributed by atoms with Crippen LogP contribution in [-0.4, -0.2) is 67.7 Å². The number of fused-ring (bicyclic) bond motifs is 7. The zero-order chi connectivity index (χ0) is 26.4. The number of halogens is 2. The molecule has 4 heterocycles. The van der Waals surface area contributed by atoms with E-state index in [1.807, 2.05) is 25.1 Å². The Bertz CT molecular complexity index is 1260. The second-order valence-electron chi connectivity index (χ2n) is 8.95. The molecule has 0 unspecified atom stereocenters. The number of urea groups is 1. The van der Waals surface area contributed by atoms with Crippen LogP contribution in [0.25, 0.3) is 17.0 Å². The summed E-state index contributed by atoms with van der Waals surface area (Å²) in [5, 5.41) is 7.47. The van der Waals surface area contributed by atoms with Crippen molar-refractivity contribution < 1.29 is 23.0 Å².